The summed E-state index contributed by atoms with van der Waals surface area (Å²) in [7, 11) is -3.94. The lowest BCUT2D eigenvalue weighted by molar-refractivity contribution is -0.385. The number of anilines is 1. The van der Waals surface area contributed by atoms with E-state index in [1.807, 2.05) is 0 Å². The highest BCUT2D eigenvalue weighted by Gasteiger charge is 2.18. The van der Waals surface area contributed by atoms with Crippen molar-refractivity contribution in [2.75, 3.05) is 4.72 Å². The van der Waals surface area contributed by atoms with Crippen molar-refractivity contribution in [2.24, 2.45) is 0 Å². The first-order valence-corrected chi connectivity index (χ1v) is 7.13. The van der Waals surface area contributed by atoms with Gasteiger partial charge in [0.25, 0.3) is 15.7 Å². The maximum atomic E-state index is 12.1. The minimum Gasteiger partial charge on any atom is -0.263 e. The van der Waals surface area contributed by atoms with Gasteiger partial charge in [-0.1, -0.05) is 17.7 Å². The van der Waals surface area contributed by atoms with Crippen molar-refractivity contribution in [3.8, 4) is 0 Å². The summed E-state index contributed by atoms with van der Waals surface area (Å²) in [5.41, 5.74) is -0.308. The van der Waals surface area contributed by atoms with Crippen LogP contribution in [0.5, 0.6) is 0 Å². The minimum absolute atomic E-state index is 0.0703. The van der Waals surface area contributed by atoms with Crippen molar-refractivity contribution in [3.63, 3.8) is 0 Å². The second-order valence-corrected chi connectivity index (χ2v) is 5.84. The number of nitro benzene ring substituents is 1. The maximum Gasteiger partial charge on any atom is 0.270 e. The zero-order valence-electron chi connectivity index (χ0n) is 9.86. The van der Waals surface area contributed by atoms with Gasteiger partial charge in [0.15, 0.2) is 0 Å². The second kappa shape index (κ2) is 5.43. The van der Waals surface area contributed by atoms with E-state index in [0.717, 1.165) is 6.07 Å². The summed E-state index contributed by atoms with van der Waals surface area (Å²) in [5, 5.41) is 11.0. The molecule has 0 spiro atoms. The van der Waals surface area contributed by atoms with Crippen LogP contribution in [-0.4, -0.2) is 18.3 Å². The topological polar surface area (TPSA) is 102 Å². The summed E-state index contributed by atoms with van der Waals surface area (Å²) < 4.78 is 26.3. The summed E-state index contributed by atoms with van der Waals surface area (Å²) >= 11 is 5.64. The van der Waals surface area contributed by atoms with Crippen molar-refractivity contribution in [1.82, 2.24) is 4.98 Å². The third kappa shape index (κ3) is 3.22. The molecule has 2 aromatic rings. The predicted octanol–water partition coefficient (Wildman–Crippen LogP) is 2.44. The van der Waals surface area contributed by atoms with Gasteiger partial charge in [0.1, 0.15) is 5.82 Å². The van der Waals surface area contributed by atoms with Gasteiger partial charge < -0.3 is 0 Å². The molecule has 0 bridgehead atoms. The van der Waals surface area contributed by atoms with Gasteiger partial charge in [0.2, 0.25) is 0 Å². The Labute approximate surface area is 119 Å². The van der Waals surface area contributed by atoms with Gasteiger partial charge in [-0.15, -0.1) is 0 Å². The summed E-state index contributed by atoms with van der Waals surface area (Å²) in [5.74, 6) is 0.0703. The number of nitrogens with one attached hydrogen (secondary N) is 1. The number of aromatic nitrogens is 1. The van der Waals surface area contributed by atoms with Crippen LogP contribution in [0.4, 0.5) is 11.5 Å². The number of halogens is 1. The Morgan fingerprint density at radius 2 is 2.00 bits per heavy atom. The molecule has 0 saturated heterocycles. The van der Waals surface area contributed by atoms with Gasteiger partial charge in [-0.05, 0) is 18.2 Å². The van der Waals surface area contributed by atoms with Crippen LogP contribution in [0.3, 0.4) is 0 Å². The van der Waals surface area contributed by atoms with Crippen LogP contribution in [0.1, 0.15) is 0 Å². The van der Waals surface area contributed by atoms with E-state index >= 15 is 0 Å². The molecule has 7 nitrogen and oxygen atoms in total. The Kier molecular flexibility index (Phi) is 3.86. The molecule has 1 aromatic heterocycles. The molecule has 0 aliphatic carbocycles. The highest BCUT2D eigenvalue weighted by atomic mass is 35.5. The van der Waals surface area contributed by atoms with Gasteiger partial charge in [-0.3, -0.25) is 14.8 Å². The molecule has 0 aliphatic heterocycles. The molecule has 9 heteroatoms. The van der Waals surface area contributed by atoms with Crippen molar-refractivity contribution >= 4 is 33.1 Å². The summed E-state index contributed by atoms with van der Waals surface area (Å²) in [6.45, 7) is 0. The first-order valence-electron chi connectivity index (χ1n) is 5.27. The summed E-state index contributed by atoms with van der Waals surface area (Å²) in [4.78, 5) is 13.5. The van der Waals surface area contributed by atoms with E-state index in [4.69, 9.17) is 11.6 Å². The molecule has 0 atom stereocenters. The number of pyridine rings is 1. The van der Waals surface area contributed by atoms with Crippen LogP contribution in [-0.2, 0) is 10.0 Å². The Morgan fingerprint density at radius 1 is 1.25 bits per heavy atom. The summed E-state index contributed by atoms with van der Waals surface area (Å²) in [6.07, 6.45) is 1.28. The van der Waals surface area contributed by atoms with Crippen molar-refractivity contribution in [1.29, 1.82) is 0 Å². The number of hydrogen-bond acceptors (Lipinski definition) is 5. The van der Waals surface area contributed by atoms with Crippen molar-refractivity contribution in [2.45, 2.75) is 4.90 Å². The molecule has 0 saturated carbocycles. The molecule has 0 radical (unpaired) electrons. The van der Waals surface area contributed by atoms with E-state index in [9.17, 15) is 18.5 Å². The number of nitro groups is 1. The number of non-ortho nitro benzene ring substituents is 1. The average Bonchev–Trinajstić information content (AvgIpc) is 2.41. The Bertz CT molecular complexity index is 747. The quantitative estimate of drug-likeness (QED) is 0.690. The molecule has 0 fully saturated rings. The fourth-order valence-corrected chi connectivity index (χ4v) is 2.56. The van der Waals surface area contributed by atoms with Crippen LogP contribution in [0, 0.1) is 10.1 Å². The molecule has 2 rings (SSSR count). The average molecular weight is 314 g/mol. The van der Waals surface area contributed by atoms with E-state index in [2.05, 4.69) is 9.71 Å². The lowest BCUT2D eigenvalue weighted by Crippen LogP contribution is -2.14. The molecule has 1 N–H and O–H groups in total. The summed E-state index contributed by atoms with van der Waals surface area (Å²) in [6, 6.07) is 7.59. The largest absolute Gasteiger partial charge is 0.270 e. The number of rotatable bonds is 4. The van der Waals surface area contributed by atoms with Crippen LogP contribution in [0.15, 0.2) is 47.5 Å². The lowest BCUT2D eigenvalue weighted by atomic mass is 10.3. The van der Waals surface area contributed by atoms with Crippen LogP contribution in [0.25, 0.3) is 0 Å². The molecule has 20 heavy (non-hydrogen) atoms. The van der Waals surface area contributed by atoms with Crippen LogP contribution < -0.4 is 4.72 Å². The smallest absolute Gasteiger partial charge is 0.263 e. The zero-order chi connectivity index (χ0) is 14.8. The highest BCUT2D eigenvalue weighted by molar-refractivity contribution is 7.92. The van der Waals surface area contributed by atoms with Gasteiger partial charge >= 0.3 is 0 Å². The van der Waals surface area contributed by atoms with Gasteiger partial charge in [0.05, 0.1) is 14.8 Å². The molecular weight excluding hydrogens is 306 g/mol. The van der Waals surface area contributed by atoms with E-state index in [0.29, 0.717) is 5.02 Å². The first-order chi connectivity index (χ1) is 9.38. The lowest BCUT2D eigenvalue weighted by Gasteiger charge is -2.07. The molecule has 0 amide bonds. The van der Waals surface area contributed by atoms with E-state index < -0.39 is 14.9 Å². The Hall–Kier alpha value is -2.19. The number of sulfonamides is 1. The van der Waals surface area contributed by atoms with Gasteiger partial charge in [0, 0.05) is 18.3 Å². The molecule has 1 heterocycles. The highest BCUT2D eigenvalue weighted by Crippen LogP contribution is 2.20. The minimum atomic E-state index is -3.94. The normalized spacial score (nSPS) is 11.1. The number of benzene rings is 1. The maximum absolute atomic E-state index is 12.1. The van der Waals surface area contributed by atoms with Crippen LogP contribution >= 0.6 is 11.6 Å². The predicted molar refractivity (Wildman–Crippen MR) is 73.2 cm³/mol. The Morgan fingerprint density at radius 3 is 2.60 bits per heavy atom. The SMILES string of the molecule is O=[N+]([O-])c1cccc(S(=O)(=O)Nc2ccc(Cl)cn2)c1. The fraction of sp³-hybridized carbons (Fsp3) is 0. The second-order valence-electron chi connectivity index (χ2n) is 3.72. The molecule has 0 unspecified atom stereocenters. The van der Waals surface area contributed by atoms with Crippen LogP contribution in [0.2, 0.25) is 5.02 Å². The first kappa shape index (κ1) is 14.2. The number of hydrogen-bond donors (Lipinski definition) is 1. The molecule has 0 aliphatic rings. The number of nitrogens with zero attached hydrogens (tertiary/aromatic N) is 2. The van der Waals surface area contributed by atoms with E-state index in [1.165, 1.54) is 36.5 Å². The van der Waals surface area contributed by atoms with Crippen molar-refractivity contribution in [3.05, 3.63) is 57.7 Å². The monoisotopic (exact) mass is 313 g/mol. The van der Waals surface area contributed by atoms with Gasteiger partial charge in [-0.2, -0.15) is 0 Å². The molecular formula is C11H8ClN3O4S. The van der Waals surface area contributed by atoms with Crippen molar-refractivity contribution < 1.29 is 13.3 Å². The zero-order valence-corrected chi connectivity index (χ0v) is 11.4. The fourth-order valence-electron chi connectivity index (χ4n) is 1.40. The molecule has 1 aromatic carbocycles. The van der Waals surface area contributed by atoms with E-state index in [1.54, 1.807) is 0 Å². The standard InChI is InChI=1S/C11H8ClN3O4S/c12-8-4-5-11(13-7-8)14-20(18,19)10-3-1-2-9(6-10)15(16)17/h1-7H,(H,13,14). The Balaban J connectivity index is 2.33. The van der Waals surface area contributed by atoms with Gasteiger partial charge in [-0.25, -0.2) is 13.4 Å². The van der Waals surface area contributed by atoms with E-state index in [-0.39, 0.29) is 16.4 Å². The third-order valence-electron chi connectivity index (χ3n) is 2.31. The third-order valence-corrected chi connectivity index (χ3v) is 3.88. The molecule has 104 valence electrons.